The molecule has 21 heavy (non-hydrogen) atoms. The molecule has 0 bridgehead atoms. The highest BCUT2D eigenvalue weighted by Gasteiger charge is 2.37. The monoisotopic (exact) mass is 290 g/mol. The molecule has 1 saturated heterocycles. The summed E-state index contributed by atoms with van der Waals surface area (Å²) in [6.07, 6.45) is 2.35. The summed E-state index contributed by atoms with van der Waals surface area (Å²) >= 11 is 0. The summed E-state index contributed by atoms with van der Waals surface area (Å²) in [5.41, 5.74) is 7.39. The summed E-state index contributed by atoms with van der Waals surface area (Å²) in [6, 6.07) is 10.6. The van der Waals surface area contributed by atoms with E-state index in [2.05, 4.69) is 35.2 Å². The lowest BCUT2D eigenvalue weighted by atomic mass is 9.83. The summed E-state index contributed by atoms with van der Waals surface area (Å²) in [4.78, 5) is 2.37. The number of hydrogen-bond acceptors (Lipinski definition) is 4. The number of nitrogens with two attached hydrogens (primary N) is 1. The minimum Gasteiger partial charge on any atom is -0.391 e. The van der Waals surface area contributed by atoms with E-state index in [-0.39, 0.29) is 12.1 Å². The minimum atomic E-state index is -0.557. The number of piperidine rings is 1. The Balaban J connectivity index is 1.58. The van der Waals surface area contributed by atoms with Crippen LogP contribution in [0.25, 0.3) is 0 Å². The topological polar surface area (TPSA) is 69.7 Å². The van der Waals surface area contributed by atoms with Gasteiger partial charge in [0.2, 0.25) is 0 Å². The number of aliphatic hydroxyl groups is 2. The van der Waals surface area contributed by atoms with Gasteiger partial charge in [-0.05, 0) is 43.8 Å². The van der Waals surface area contributed by atoms with Gasteiger partial charge in [0.05, 0.1) is 12.2 Å². The Morgan fingerprint density at radius 2 is 1.62 bits per heavy atom. The summed E-state index contributed by atoms with van der Waals surface area (Å²) < 4.78 is 0. The quantitative estimate of drug-likeness (QED) is 0.762. The number of aliphatic hydroxyl groups excluding tert-OH is 2. The first kappa shape index (κ1) is 15.0. The van der Waals surface area contributed by atoms with E-state index in [4.69, 9.17) is 5.73 Å². The number of benzene rings is 1. The van der Waals surface area contributed by atoms with Crippen LogP contribution < -0.4 is 5.73 Å². The van der Waals surface area contributed by atoms with Crippen molar-refractivity contribution >= 4 is 0 Å². The molecule has 1 saturated carbocycles. The predicted molar refractivity (Wildman–Crippen MR) is 83.0 cm³/mol. The Bertz CT molecular complexity index is 445. The Hall–Kier alpha value is -0.940. The molecule has 0 radical (unpaired) electrons. The van der Waals surface area contributed by atoms with Crippen LogP contribution in [0.15, 0.2) is 30.3 Å². The van der Waals surface area contributed by atoms with Gasteiger partial charge >= 0.3 is 0 Å². The first-order valence-electron chi connectivity index (χ1n) is 8.06. The van der Waals surface area contributed by atoms with Crippen molar-refractivity contribution in [2.24, 2.45) is 5.73 Å². The van der Waals surface area contributed by atoms with E-state index in [9.17, 15) is 10.2 Å². The van der Waals surface area contributed by atoms with Crippen molar-refractivity contribution in [1.29, 1.82) is 0 Å². The van der Waals surface area contributed by atoms with Gasteiger partial charge in [0.25, 0.3) is 0 Å². The normalized spacial score (nSPS) is 35.8. The Morgan fingerprint density at radius 1 is 0.952 bits per heavy atom. The number of rotatable bonds is 2. The van der Waals surface area contributed by atoms with Gasteiger partial charge in [-0.2, -0.15) is 0 Å². The van der Waals surface area contributed by atoms with Crippen molar-refractivity contribution in [2.45, 2.75) is 55.9 Å². The van der Waals surface area contributed by atoms with E-state index in [1.807, 2.05) is 0 Å². The summed E-state index contributed by atoms with van der Waals surface area (Å²) in [7, 11) is 0. The van der Waals surface area contributed by atoms with E-state index in [0.717, 1.165) is 25.9 Å². The summed E-state index contributed by atoms with van der Waals surface area (Å²) in [6.45, 7) is 2.01. The maximum atomic E-state index is 10.2. The van der Waals surface area contributed by atoms with Gasteiger partial charge in [0, 0.05) is 18.5 Å². The molecule has 4 heteroatoms. The molecule has 116 valence electrons. The molecule has 1 heterocycles. The zero-order chi connectivity index (χ0) is 14.8. The van der Waals surface area contributed by atoms with Crippen LogP contribution in [0.4, 0.5) is 0 Å². The lowest BCUT2D eigenvalue weighted by Gasteiger charge is -2.44. The second kappa shape index (κ2) is 6.44. The van der Waals surface area contributed by atoms with Crippen molar-refractivity contribution in [2.75, 3.05) is 13.1 Å². The summed E-state index contributed by atoms with van der Waals surface area (Å²) in [5, 5.41) is 20.0. The van der Waals surface area contributed by atoms with Crippen molar-refractivity contribution in [1.82, 2.24) is 4.90 Å². The molecule has 2 aliphatic rings. The molecule has 0 amide bonds. The van der Waals surface area contributed by atoms with E-state index in [1.165, 1.54) is 5.56 Å². The molecule has 0 spiro atoms. The van der Waals surface area contributed by atoms with E-state index in [1.54, 1.807) is 0 Å². The molecule has 4 nitrogen and oxygen atoms in total. The van der Waals surface area contributed by atoms with Gasteiger partial charge in [0.1, 0.15) is 0 Å². The Kier molecular flexibility index (Phi) is 4.60. The Morgan fingerprint density at radius 3 is 2.29 bits per heavy atom. The lowest BCUT2D eigenvalue weighted by Crippen LogP contribution is -2.56. The maximum absolute atomic E-state index is 10.2. The van der Waals surface area contributed by atoms with Crippen LogP contribution in [-0.2, 0) is 0 Å². The molecule has 0 aromatic heterocycles. The van der Waals surface area contributed by atoms with Gasteiger partial charge in [-0.25, -0.2) is 0 Å². The third kappa shape index (κ3) is 3.29. The van der Waals surface area contributed by atoms with Crippen LogP contribution in [0.5, 0.6) is 0 Å². The fourth-order valence-corrected chi connectivity index (χ4v) is 3.85. The smallest absolute Gasteiger partial charge is 0.0721 e. The van der Waals surface area contributed by atoms with Crippen molar-refractivity contribution in [3.05, 3.63) is 35.9 Å². The molecule has 0 unspecified atom stereocenters. The van der Waals surface area contributed by atoms with Gasteiger partial charge < -0.3 is 15.9 Å². The van der Waals surface area contributed by atoms with Crippen LogP contribution in [0, 0.1) is 0 Å². The van der Waals surface area contributed by atoms with Crippen molar-refractivity contribution < 1.29 is 10.2 Å². The first-order valence-corrected chi connectivity index (χ1v) is 8.06. The largest absolute Gasteiger partial charge is 0.391 e. The molecular weight excluding hydrogens is 264 g/mol. The molecule has 1 aliphatic carbocycles. The van der Waals surface area contributed by atoms with Crippen LogP contribution in [0.1, 0.15) is 37.2 Å². The van der Waals surface area contributed by atoms with Crippen LogP contribution in [0.3, 0.4) is 0 Å². The van der Waals surface area contributed by atoms with Crippen molar-refractivity contribution in [3.8, 4) is 0 Å². The standard InChI is InChI=1S/C17H26N2O2/c18-14-10-15(17(21)11-16(14)20)19-8-6-13(7-9-19)12-4-2-1-3-5-12/h1-5,13-17,20-21H,6-11,18H2/t14-,15-,16-,17-/m1/s1. The molecule has 4 atom stereocenters. The van der Waals surface area contributed by atoms with Crippen LogP contribution in [-0.4, -0.2) is 52.5 Å². The Labute approximate surface area is 126 Å². The average molecular weight is 290 g/mol. The molecular formula is C17H26N2O2. The van der Waals surface area contributed by atoms with Gasteiger partial charge in [-0.3, -0.25) is 4.90 Å². The number of likely N-dealkylation sites (tertiary alicyclic amines) is 1. The van der Waals surface area contributed by atoms with Gasteiger partial charge in [0.15, 0.2) is 0 Å². The number of nitrogens with zero attached hydrogens (tertiary/aromatic N) is 1. The predicted octanol–water partition coefficient (Wildman–Crippen LogP) is 1.08. The SMILES string of the molecule is N[C@@H]1C[C@@H](N2CCC(c3ccccc3)CC2)[C@H](O)C[C@H]1O. The second-order valence-corrected chi connectivity index (χ2v) is 6.56. The third-order valence-electron chi connectivity index (χ3n) is 5.20. The summed E-state index contributed by atoms with van der Waals surface area (Å²) in [5.74, 6) is 0.627. The minimum absolute atomic E-state index is 0.111. The van der Waals surface area contributed by atoms with Gasteiger partial charge in [-0.1, -0.05) is 30.3 Å². The zero-order valence-electron chi connectivity index (χ0n) is 12.4. The molecule has 2 fully saturated rings. The first-order chi connectivity index (χ1) is 10.1. The van der Waals surface area contributed by atoms with Crippen LogP contribution in [0.2, 0.25) is 0 Å². The maximum Gasteiger partial charge on any atom is 0.0721 e. The highest BCUT2D eigenvalue weighted by Crippen LogP contribution is 2.31. The fraction of sp³-hybridized carbons (Fsp3) is 0.647. The van der Waals surface area contributed by atoms with Gasteiger partial charge in [-0.15, -0.1) is 0 Å². The van der Waals surface area contributed by atoms with E-state index < -0.39 is 12.2 Å². The lowest BCUT2D eigenvalue weighted by molar-refractivity contribution is -0.0420. The van der Waals surface area contributed by atoms with Crippen LogP contribution >= 0.6 is 0 Å². The third-order valence-corrected chi connectivity index (χ3v) is 5.20. The molecule has 3 rings (SSSR count). The highest BCUT2D eigenvalue weighted by molar-refractivity contribution is 5.20. The second-order valence-electron chi connectivity index (χ2n) is 6.56. The molecule has 1 aromatic carbocycles. The zero-order valence-corrected chi connectivity index (χ0v) is 12.4. The van der Waals surface area contributed by atoms with E-state index >= 15 is 0 Å². The van der Waals surface area contributed by atoms with E-state index in [0.29, 0.717) is 18.8 Å². The molecule has 1 aromatic rings. The fourth-order valence-electron chi connectivity index (χ4n) is 3.85. The highest BCUT2D eigenvalue weighted by atomic mass is 16.3. The molecule has 4 N–H and O–H groups in total. The number of hydrogen-bond donors (Lipinski definition) is 3. The molecule has 1 aliphatic heterocycles. The van der Waals surface area contributed by atoms with Crippen molar-refractivity contribution in [3.63, 3.8) is 0 Å². The average Bonchev–Trinajstić information content (AvgIpc) is 2.52.